The van der Waals surface area contributed by atoms with Crippen molar-refractivity contribution in [3.05, 3.63) is 53.6 Å². The first kappa shape index (κ1) is 22.8. The van der Waals surface area contributed by atoms with Crippen molar-refractivity contribution < 1.29 is 18.0 Å². The molecule has 0 spiro atoms. The van der Waals surface area contributed by atoms with Gasteiger partial charge in [-0.05, 0) is 49.2 Å². The second kappa shape index (κ2) is 9.60. The summed E-state index contributed by atoms with van der Waals surface area (Å²) in [5.74, 6) is -0.951. The molecule has 0 radical (unpaired) electrons. The molecule has 7 nitrogen and oxygen atoms in total. The summed E-state index contributed by atoms with van der Waals surface area (Å²) >= 11 is 6.20. The maximum atomic E-state index is 12.9. The Balaban J connectivity index is 1.41. The van der Waals surface area contributed by atoms with E-state index in [0.717, 1.165) is 25.7 Å². The number of carbonyl (C=O) groups excluding carboxylic acids is 2. The summed E-state index contributed by atoms with van der Waals surface area (Å²) in [6.45, 7) is 1.33. The maximum Gasteiger partial charge on any atom is 0.243 e. The van der Waals surface area contributed by atoms with Crippen molar-refractivity contribution >= 4 is 44.8 Å². The van der Waals surface area contributed by atoms with Crippen LogP contribution in [0.4, 0.5) is 11.4 Å². The first-order valence-corrected chi connectivity index (χ1v) is 12.6. The topological polar surface area (TPSA) is 86.8 Å². The van der Waals surface area contributed by atoms with E-state index in [9.17, 15) is 18.0 Å². The molecule has 2 fully saturated rings. The molecule has 32 heavy (non-hydrogen) atoms. The minimum atomic E-state index is -3.54. The monoisotopic (exact) mass is 475 g/mol. The van der Waals surface area contributed by atoms with Gasteiger partial charge >= 0.3 is 0 Å². The number of carbonyl (C=O) groups is 2. The average molecular weight is 476 g/mol. The summed E-state index contributed by atoms with van der Waals surface area (Å²) in [5, 5.41) is 3.26. The van der Waals surface area contributed by atoms with Crippen LogP contribution >= 0.6 is 11.6 Å². The fraction of sp³-hybridized carbons (Fsp3) is 0.391. The van der Waals surface area contributed by atoms with Gasteiger partial charge in [-0.25, -0.2) is 8.42 Å². The summed E-state index contributed by atoms with van der Waals surface area (Å²) in [5.41, 5.74) is 1.09. The van der Waals surface area contributed by atoms with E-state index in [0.29, 0.717) is 29.5 Å². The summed E-state index contributed by atoms with van der Waals surface area (Å²) < 4.78 is 27.3. The standard InChI is InChI=1S/C23H26ClN3O4S/c24-20-7-3-4-8-21(20)27-16-17(15-22(27)28)23(29)25-18-9-11-19(12-10-18)32(30,31)26-13-5-1-2-6-14-26/h3-4,7-12,17H,1-2,5-6,13-16H2,(H,25,29)/t17-/m0/s1. The lowest BCUT2D eigenvalue weighted by atomic mass is 10.1. The van der Waals surface area contributed by atoms with Gasteiger partial charge < -0.3 is 10.2 Å². The summed E-state index contributed by atoms with van der Waals surface area (Å²) in [6.07, 6.45) is 3.94. The predicted molar refractivity (Wildman–Crippen MR) is 124 cm³/mol. The van der Waals surface area contributed by atoms with Crippen LogP contribution in [0.5, 0.6) is 0 Å². The van der Waals surface area contributed by atoms with Gasteiger partial charge in [0.1, 0.15) is 0 Å². The zero-order valence-electron chi connectivity index (χ0n) is 17.7. The average Bonchev–Trinajstić information content (AvgIpc) is 2.98. The Morgan fingerprint density at radius 1 is 0.969 bits per heavy atom. The number of anilines is 2. The van der Waals surface area contributed by atoms with Gasteiger partial charge in [0.05, 0.1) is 21.5 Å². The highest BCUT2D eigenvalue weighted by molar-refractivity contribution is 7.89. The number of benzene rings is 2. The molecule has 0 bridgehead atoms. The highest BCUT2D eigenvalue weighted by Crippen LogP contribution is 2.31. The smallest absolute Gasteiger partial charge is 0.243 e. The molecule has 2 aliphatic heterocycles. The predicted octanol–water partition coefficient (Wildman–Crippen LogP) is 3.90. The van der Waals surface area contributed by atoms with Crippen LogP contribution in [0.2, 0.25) is 5.02 Å². The third-order valence-electron chi connectivity index (χ3n) is 5.96. The Hall–Kier alpha value is -2.42. The number of hydrogen-bond acceptors (Lipinski definition) is 4. The Morgan fingerprint density at radius 2 is 1.62 bits per heavy atom. The molecule has 9 heteroatoms. The van der Waals surface area contributed by atoms with Crippen molar-refractivity contribution in [2.75, 3.05) is 29.9 Å². The van der Waals surface area contributed by atoms with E-state index in [1.165, 1.54) is 17.0 Å². The van der Waals surface area contributed by atoms with Crippen LogP contribution in [0.1, 0.15) is 32.1 Å². The molecule has 2 aromatic rings. The lowest BCUT2D eigenvalue weighted by Crippen LogP contribution is -2.32. The molecule has 170 valence electrons. The van der Waals surface area contributed by atoms with Crippen molar-refractivity contribution in [1.29, 1.82) is 0 Å². The van der Waals surface area contributed by atoms with Crippen molar-refractivity contribution in [2.45, 2.75) is 37.0 Å². The van der Waals surface area contributed by atoms with E-state index in [-0.39, 0.29) is 29.7 Å². The summed E-state index contributed by atoms with van der Waals surface area (Å²) in [7, 11) is -3.54. The molecule has 0 aromatic heterocycles. The van der Waals surface area contributed by atoms with Crippen LogP contribution < -0.4 is 10.2 Å². The number of rotatable bonds is 5. The highest BCUT2D eigenvalue weighted by Gasteiger charge is 2.36. The number of para-hydroxylation sites is 1. The number of sulfonamides is 1. The van der Waals surface area contributed by atoms with Gasteiger partial charge in [-0.2, -0.15) is 4.31 Å². The molecular formula is C23H26ClN3O4S. The van der Waals surface area contributed by atoms with Gasteiger partial charge in [0.15, 0.2) is 0 Å². The zero-order chi connectivity index (χ0) is 22.7. The summed E-state index contributed by atoms with van der Waals surface area (Å²) in [4.78, 5) is 26.9. The van der Waals surface area contributed by atoms with E-state index in [2.05, 4.69) is 5.32 Å². The lowest BCUT2D eigenvalue weighted by Gasteiger charge is -2.20. The molecule has 4 rings (SSSR count). The van der Waals surface area contributed by atoms with Crippen LogP contribution in [0, 0.1) is 5.92 Å². The first-order valence-electron chi connectivity index (χ1n) is 10.8. The van der Waals surface area contributed by atoms with Crippen molar-refractivity contribution in [2.24, 2.45) is 5.92 Å². The zero-order valence-corrected chi connectivity index (χ0v) is 19.2. The van der Waals surface area contributed by atoms with E-state index in [1.807, 2.05) is 0 Å². The molecule has 2 aromatic carbocycles. The minimum Gasteiger partial charge on any atom is -0.326 e. The Bertz CT molecular complexity index is 1100. The molecule has 2 saturated heterocycles. The Kier molecular flexibility index (Phi) is 6.83. The number of nitrogens with zero attached hydrogens (tertiary/aromatic N) is 2. The fourth-order valence-electron chi connectivity index (χ4n) is 4.17. The van der Waals surface area contributed by atoms with Crippen molar-refractivity contribution in [1.82, 2.24) is 4.31 Å². The van der Waals surface area contributed by atoms with Crippen molar-refractivity contribution in [3.8, 4) is 0 Å². The van der Waals surface area contributed by atoms with Gasteiger partial charge in [0.25, 0.3) is 0 Å². The van der Waals surface area contributed by atoms with E-state index < -0.39 is 15.9 Å². The molecule has 1 N–H and O–H groups in total. The van der Waals surface area contributed by atoms with Gasteiger partial charge in [-0.3, -0.25) is 9.59 Å². The quantitative estimate of drug-likeness (QED) is 0.710. The summed E-state index contributed by atoms with van der Waals surface area (Å²) in [6, 6.07) is 13.3. The van der Waals surface area contributed by atoms with E-state index in [4.69, 9.17) is 11.6 Å². The molecule has 0 aliphatic carbocycles. The minimum absolute atomic E-state index is 0.0957. The molecule has 0 saturated carbocycles. The number of nitrogens with one attached hydrogen (secondary N) is 1. The van der Waals surface area contributed by atoms with E-state index >= 15 is 0 Å². The third kappa shape index (κ3) is 4.82. The Labute approximate surface area is 193 Å². The lowest BCUT2D eigenvalue weighted by molar-refractivity contribution is -0.122. The van der Waals surface area contributed by atoms with Crippen LogP contribution in [0.3, 0.4) is 0 Å². The van der Waals surface area contributed by atoms with Crippen LogP contribution in [-0.2, 0) is 19.6 Å². The molecular weight excluding hydrogens is 450 g/mol. The first-order chi connectivity index (χ1) is 15.4. The number of amides is 2. The maximum absolute atomic E-state index is 12.9. The molecule has 2 amide bonds. The van der Waals surface area contributed by atoms with Gasteiger partial charge in [-0.15, -0.1) is 0 Å². The van der Waals surface area contributed by atoms with Crippen LogP contribution in [-0.4, -0.2) is 44.2 Å². The number of hydrogen-bond donors (Lipinski definition) is 1. The molecule has 0 unspecified atom stereocenters. The highest BCUT2D eigenvalue weighted by atomic mass is 35.5. The van der Waals surface area contributed by atoms with E-state index in [1.54, 1.807) is 40.7 Å². The molecule has 2 aliphatic rings. The second-order valence-electron chi connectivity index (χ2n) is 8.19. The Morgan fingerprint density at radius 3 is 2.28 bits per heavy atom. The number of halogens is 1. The third-order valence-corrected chi connectivity index (χ3v) is 8.20. The molecule has 1 atom stereocenters. The fourth-order valence-corrected chi connectivity index (χ4v) is 5.93. The normalized spacial score (nSPS) is 20.2. The van der Waals surface area contributed by atoms with Crippen LogP contribution in [0.25, 0.3) is 0 Å². The van der Waals surface area contributed by atoms with Crippen LogP contribution in [0.15, 0.2) is 53.4 Å². The van der Waals surface area contributed by atoms with Crippen molar-refractivity contribution in [3.63, 3.8) is 0 Å². The van der Waals surface area contributed by atoms with Gasteiger partial charge in [0.2, 0.25) is 21.8 Å². The largest absolute Gasteiger partial charge is 0.326 e. The second-order valence-corrected chi connectivity index (χ2v) is 10.5. The van der Waals surface area contributed by atoms with Gasteiger partial charge in [-0.1, -0.05) is 36.6 Å². The van der Waals surface area contributed by atoms with Gasteiger partial charge in [0, 0.05) is 31.7 Å². The SMILES string of the molecule is O=C(Nc1ccc(S(=O)(=O)N2CCCCCC2)cc1)[C@H]1CC(=O)N(c2ccccc2Cl)C1. The molecule has 2 heterocycles.